The smallest absolute Gasteiger partial charge is 0.0342 e. The maximum atomic E-state index is 5.89. The van der Waals surface area contributed by atoms with Gasteiger partial charge in [-0.25, -0.2) is 0 Å². The van der Waals surface area contributed by atoms with Crippen molar-refractivity contribution in [2.45, 2.75) is 38.1 Å². The van der Waals surface area contributed by atoms with E-state index in [-0.39, 0.29) is 0 Å². The van der Waals surface area contributed by atoms with Crippen molar-refractivity contribution in [2.24, 2.45) is 5.92 Å². The molecule has 0 aromatic heterocycles. The monoisotopic (exact) mass is 175 g/mol. The van der Waals surface area contributed by atoms with Crippen molar-refractivity contribution in [1.82, 2.24) is 4.90 Å². The molecule has 1 rings (SSSR count). The van der Waals surface area contributed by atoms with E-state index < -0.39 is 0 Å². The fourth-order valence-corrected chi connectivity index (χ4v) is 1.93. The van der Waals surface area contributed by atoms with Gasteiger partial charge in [-0.05, 0) is 39.7 Å². The highest BCUT2D eigenvalue weighted by Gasteiger charge is 2.28. The Kier molecular flexibility index (Phi) is 3.20. The van der Waals surface area contributed by atoms with Crippen LogP contribution >= 0.6 is 11.6 Å². The zero-order valence-corrected chi connectivity index (χ0v) is 8.43. The molecule has 0 amide bonds. The molecule has 0 bridgehead atoms. The van der Waals surface area contributed by atoms with Gasteiger partial charge in [0.25, 0.3) is 0 Å². The van der Waals surface area contributed by atoms with Crippen molar-refractivity contribution in [2.75, 3.05) is 13.6 Å². The highest BCUT2D eigenvalue weighted by Crippen LogP contribution is 2.32. The largest absolute Gasteiger partial charge is 0.304 e. The fraction of sp³-hybridized carbons (Fsp3) is 1.00. The summed E-state index contributed by atoms with van der Waals surface area (Å²) in [6.45, 7) is 5.69. The van der Waals surface area contributed by atoms with Gasteiger partial charge in [-0.2, -0.15) is 0 Å². The van der Waals surface area contributed by atoms with E-state index in [0.29, 0.717) is 11.4 Å². The van der Waals surface area contributed by atoms with E-state index in [9.17, 15) is 0 Å². The van der Waals surface area contributed by atoms with Gasteiger partial charge in [-0.3, -0.25) is 0 Å². The topological polar surface area (TPSA) is 3.24 Å². The van der Waals surface area contributed by atoms with Crippen molar-refractivity contribution in [3.63, 3.8) is 0 Å². The Balaban J connectivity index is 2.11. The summed E-state index contributed by atoms with van der Waals surface area (Å²) in [6.07, 6.45) is 2.44. The van der Waals surface area contributed by atoms with Crippen molar-refractivity contribution in [3.05, 3.63) is 0 Å². The third-order valence-corrected chi connectivity index (χ3v) is 2.96. The number of hydrogen-bond donors (Lipinski definition) is 0. The summed E-state index contributed by atoms with van der Waals surface area (Å²) in [5.74, 6) is 0.866. The summed E-state index contributed by atoms with van der Waals surface area (Å²) in [6, 6.07) is 0.671. The number of alkyl halides is 1. The van der Waals surface area contributed by atoms with Crippen molar-refractivity contribution in [3.8, 4) is 0 Å². The van der Waals surface area contributed by atoms with Crippen LogP contribution in [0.3, 0.4) is 0 Å². The molecule has 2 heteroatoms. The van der Waals surface area contributed by atoms with E-state index >= 15 is 0 Å². The summed E-state index contributed by atoms with van der Waals surface area (Å²) in [5, 5.41) is 0.473. The molecule has 11 heavy (non-hydrogen) atoms. The van der Waals surface area contributed by atoms with E-state index in [4.69, 9.17) is 11.6 Å². The standard InChI is InChI=1S/C9H18ClN/c1-7(2)11(3)6-8-4-9(10)5-8/h7-9H,4-6H2,1-3H3. The lowest BCUT2D eigenvalue weighted by Gasteiger charge is -2.35. The molecule has 0 aromatic rings. The third kappa shape index (κ3) is 2.64. The predicted molar refractivity (Wildman–Crippen MR) is 50.1 cm³/mol. The Morgan fingerprint density at radius 3 is 2.36 bits per heavy atom. The van der Waals surface area contributed by atoms with E-state index in [1.54, 1.807) is 0 Å². The summed E-state index contributed by atoms with van der Waals surface area (Å²) in [5.41, 5.74) is 0. The first-order chi connectivity index (χ1) is 5.09. The van der Waals surface area contributed by atoms with Gasteiger partial charge in [0.1, 0.15) is 0 Å². The second-order valence-corrected chi connectivity index (χ2v) is 4.59. The molecule has 0 N–H and O–H groups in total. The van der Waals surface area contributed by atoms with Gasteiger partial charge in [0.15, 0.2) is 0 Å². The number of halogens is 1. The Bertz CT molecular complexity index is 119. The molecule has 1 aliphatic rings. The average molecular weight is 176 g/mol. The second kappa shape index (κ2) is 3.77. The summed E-state index contributed by atoms with van der Waals surface area (Å²) < 4.78 is 0. The molecule has 0 unspecified atom stereocenters. The Morgan fingerprint density at radius 2 is 2.00 bits per heavy atom. The maximum Gasteiger partial charge on any atom is 0.0342 e. The first-order valence-electron chi connectivity index (χ1n) is 4.44. The zero-order valence-electron chi connectivity index (χ0n) is 7.68. The molecule has 1 saturated carbocycles. The zero-order chi connectivity index (χ0) is 8.43. The molecular weight excluding hydrogens is 158 g/mol. The fourth-order valence-electron chi connectivity index (χ4n) is 1.42. The van der Waals surface area contributed by atoms with Crippen LogP contribution in [-0.4, -0.2) is 29.9 Å². The van der Waals surface area contributed by atoms with Crippen LogP contribution in [-0.2, 0) is 0 Å². The first kappa shape index (κ1) is 9.34. The van der Waals surface area contributed by atoms with E-state index in [0.717, 1.165) is 5.92 Å². The molecule has 0 aromatic carbocycles. The molecule has 0 heterocycles. The molecular formula is C9H18ClN. The van der Waals surface area contributed by atoms with E-state index in [2.05, 4.69) is 25.8 Å². The lowest BCUT2D eigenvalue weighted by molar-refractivity contribution is 0.180. The van der Waals surface area contributed by atoms with Crippen molar-refractivity contribution >= 4 is 11.6 Å². The van der Waals surface area contributed by atoms with Gasteiger partial charge in [-0.1, -0.05) is 0 Å². The first-order valence-corrected chi connectivity index (χ1v) is 4.87. The van der Waals surface area contributed by atoms with Crippen LogP contribution in [0.15, 0.2) is 0 Å². The van der Waals surface area contributed by atoms with Crippen LogP contribution in [0.25, 0.3) is 0 Å². The van der Waals surface area contributed by atoms with Gasteiger partial charge in [0.05, 0.1) is 0 Å². The minimum atomic E-state index is 0.473. The third-order valence-electron chi connectivity index (χ3n) is 2.61. The number of nitrogens with zero attached hydrogens (tertiary/aromatic N) is 1. The Labute approximate surface area is 74.7 Å². The van der Waals surface area contributed by atoms with Crippen LogP contribution in [0.5, 0.6) is 0 Å². The molecule has 0 saturated heterocycles. The van der Waals surface area contributed by atoms with Crippen molar-refractivity contribution < 1.29 is 0 Å². The SMILES string of the molecule is CC(C)N(C)CC1CC(Cl)C1. The average Bonchev–Trinajstić information content (AvgIpc) is 1.84. The van der Waals surface area contributed by atoms with Crippen molar-refractivity contribution in [1.29, 1.82) is 0 Å². The van der Waals surface area contributed by atoms with Gasteiger partial charge in [0, 0.05) is 18.0 Å². The quantitative estimate of drug-likeness (QED) is 0.596. The minimum Gasteiger partial charge on any atom is -0.304 e. The van der Waals surface area contributed by atoms with Gasteiger partial charge in [0.2, 0.25) is 0 Å². The molecule has 0 atom stereocenters. The number of rotatable bonds is 3. The molecule has 0 aliphatic heterocycles. The van der Waals surface area contributed by atoms with Gasteiger partial charge < -0.3 is 4.90 Å². The Hall–Kier alpha value is 0.250. The molecule has 1 aliphatic carbocycles. The van der Waals surface area contributed by atoms with Crippen LogP contribution in [0.4, 0.5) is 0 Å². The number of hydrogen-bond acceptors (Lipinski definition) is 1. The van der Waals surface area contributed by atoms with Gasteiger partial charge in [-0.15, -0.1) is 11.6 Å². The molecule has 0 radical (unpaired) electrons. The minimum absolute atomic E-state index is 0.473. The maximum absolute atomic E-state index is 5.89. The lowest BCUT2D eigenvalue weighted by Crippen LogP contribution is -2.37. The van der Waals surface area contributed by atoms with Gasteiger partial charge >= 0.3 is 0 Å². The summed E-state index contributed by atoms with van der Waals surface area (Å²) in [7, 11) is 2.19. The highest BCUT2D eigenvalue weighted by atomic mass is 35.5. The van der Waals surface area contributed by atoms with E-state index in [1.807, 2.05) is 0 Å². The van der Waals surface area contributed by atoms with E-state index in [1.165, 1.54) is 19.4 Å². The summed E-state index contributed by atoms with van der Waals surface area (Å²) >= 11 is 5.89. The summed E-state index contributed by atoms with van der Waals surface area (Å²) in [4.78, 5) is 2.40. The highest BCUT2D eigenvalue weighted by molar-refractivity contribution is 6.21. The normalized spacial score (nSPS) is 31.1. The predicted octanol–water partition coefficient (Wildman–Crippen LogP) is 2.34. The second-order valence-electron chi connectivity index (χ2n) is 3.97. The molecule has 0 spiro atoms. The van der Waals surface area contributed by atoms with Crippen LogP contribution in [0.1, 0.15) is 26.7 Å². The molecule has 1 nitrogen and oxygen atoms in total. The van der Waals surface area contributed by atoms with Crippen LogP contribution < -0.4 is 0 Å². The molecule has 66 valence electrons. The lowest BCUT2D eigenvalue weighted by atomic mass is 9.84. The Morgan fingerprint density at radius 1 is 1.45 bits per heavy atom. The molecule has 1 fully saturated rings. The van der Waals surface area contributed by atoms with Crippen LogP contribution in [0, 0.1) is 5.92 Å². The van der Waals surface area contributed by atoms with Crippen LogP contribution in [0.2, 0.25) is 0 Å².